The van der Waals surface area contributed by atoms with Gasteiger partial charge in [-0.25, -0.2) is 4.98 Å². The lowest BCUT2D eigenvalue weighted by Gasteiger charge is -2.06. The van der Waals surface area contributed by atoms with Gasteiger partial charge >= 0.3 is 0 Å². The number of nitrogens with one attached hydrogen (secondary N) is 2. The van der Waals surface area contributed by atoms with Crippen molar-refractivity contribution < 1.29 is 19.6 Å². The number of aromatic hydroxyl groups is 1. The minimum absolute atomic E-state index is 0.0543. The summed E-state index contributed by atoms with van der Waals surface area (Å²) >= 11 is 1.05. The molecule has 0 spiro atoms. The number of nitrogens with zero attached hydrogens (tertiary/aromatic N) is 3. The van der Waals surface area contributed by atoms with Gasteiger partial charge in [0.15, 0.2) is 5.82 Å². The molecule has 0 fully saturated rings. The predicted octanol–water partition coefficient (Wildman–Crippen LogP) is 2.82. The molecule has 2 aromatic carbocycles. The number of carbonyl (C=O) groups is 1. The van der Waals surface area contributed by atoms with Crippen LogP contribution in [0.15, 0.2) is 47.6 Å². The molecule has 0 unspecified atom stereocenters. The maximum atomic E-state index is 12.2. The summed E-state index contributed by atoms with van der Waals surface area (Å²) in [4.78, 5) is 26.9. The summed E-state index contributed by atoms with van der Waals surface area (Å²) in [6, 6.07) is 10.8. The van der Waals surface area contributed by atoms with Crippen molar-refractivity contribution in [1.29, 1.82) is 0 Å². The van der Waals surface area contributed by atoms with Crippen LogP contribution in [0, 0.1) is 10.1 Å². The molecular weight excluding hydrogens is 386 g/mol. The third-order valence-electron chi connectivity index (χ3n) is 3.63. The first-order valence-corrected chi connectivity index (χ1v) is 8.92. The summed E-state index contributed by atoms with van der Waals surface area (Å²) in [6.07, 6.45) is 0. The van der Waals surface area contributed by atoms with Crippen LogP contribution in [0.1, 0.15) is 0 Å². The van der Waals surface area contributed by atoms with Crippen molar-refractivity contribution in [3.8, 4) is 22.9 Å². The van der Waals surface area contributed by atoms with Crippen molar-refractivity contribution in [2.75, 3.05) is 18.2 Å². The first kappa shape index (κ1) is 19.2. The number of amides is 1. The largest absolute Gasteiger partial charge is 0.507 e. The number of hydrogen-bond acceptors (Lipinski definition) is 8. The Balaban J connectivity index is 1.64. The second-order valence-electron chi connectivity index (χ2n) is 5.46. The molecule has 0 aliphatic rings. The molecule has 0 saturated carbocycles. The standard InChI is InChI=1S/C17H15N5O5S/c1-27-10-6-7-12(13(8-10)22(25)26)18-15(24)9-28-17-19-16(20-21-17)11-4-2-3-5-14(11)23/h2-8,23H,9H2,1H3,(H,18,24)(H,19,20,21). The number of thioether (sulfide) groups is 1. The highest BCUT2D eigenvalue weighted by Gasteiger charge is 2.18. The van der Waals surface area contributed by atoms with Crippen LogP contribution in [0.4, 0.5) is 11.4 Å². The molecule has 10 nitrogen and oxygen atoms in total. The molecule has 1 aromatic heterocycles. The van der Waals surface area contributed by atoms with Gasteiger partial charge in [0.25, 0.3) is 5.69 Å². The number of nitro groups is 1. The number of carbonyl (C=O) groups excluding carboxylic acids is 1. The molecule has 28 heavy (non-hydrogen) atoms. The number of anilines is 1. The molecule has 1 amide bonds. The van der Waals surface area contributed by atoms with Crippen LogP contribution in [0.3, 0.4) is 0 Å². The van der Waals surface area contributed by atoms with Crippen LogP contribution in [0.5, 0.6) is 11.5 Å². The number of phenols is 1. The zero-order chi connectivity index (χ0) is 20.1. The number of phenolic OH excluding ortho intramolecular Hbond substituents is 1. The highest BCUT2D eigenvalue weighted by Crippen LogP contribution is 2.30. The summed E-state index contributed by atoms with van der Waals surface area (Å²) in [5, 5.41) is 30.5. The lowest BCUT2D eigenvalue weighted by molar-refractivity contribution is -0.384. The first-order chi connectivity index (χ1) is 13.5. The summed E-state index contributed by atoms with van der Waals surface area (Å²) in [6.45, 7) is 0. The van der Waals surface area contributed by atoms with Crippen molar-refractivity contribution in [1.82, 2.24) is 15.2 Å². The molecule has 3 aromatic rings. The number of rotatable bonds is 7. The van der Waals surface area contributed by atoms with E-state index in [0.717, 1.165) is 11.8 Å². The van der Waals surface area contributed by atoms with Gasteiger partial charge in [0, 0.05) is 0 Å². The fourth-order valence-electron chi connectivity index (χ4n) is 2.32. The van der Waals surface area contributed by atoms with E-state index in [1.807, 2.05) is 0 Å². The van der Waals surface area contributed by atoms with Gasteiger partial charge in [-0.05, 0) is 24.3 Å². The van der Waals surface area contributed by atoms with Crippen LogP contribution in [-0.2, 0) is 4.79 Å². The smallest absolute Gasteiger partial charge is 0.296 e. The Bertz CT molecular complexity index is 1020. The maximum absolute atomic E-state index is 12.2. The van der Waals surface area contributed by atoms with E-state index in [4.69, 9.17) is 4.74 Å². The minimum Gasteiger partial charge on any atom is -0.507 e. The summed E-state index contributed by atoms with van der Waals surface area (Å²) in [5.41, 5.74) is 0.291. The molecule has 3 N–H and O–H groups in total. The number of ether oxygens (including phenoxy) is 1. The highest BCUT2D eigenvalue weighted by atomic mass is 32.2. The lowest BCUT2D eigenvalue weighted by Crippen LogP contribution is -2.15. The molecule has 0 bridgehead atoms. The number of aromatic nitrogens is 3. The van der Waals surface area contributed by atoms with E-state index in [2.05, 4.69) is 20.5 Å². The quantitative estimate of drug-likeness (QED) is 0.311. The van der Waals surface area contributed by atoms with Crippen LogP contribution in [0.25, 0.3) is 11.4 Å². The third kappa shape index (κ3) is 4.38. The van der Waals surface area contributed by atoms with E-state index in [-0.39, 0.29) is 22.9 Å². The monoisotopic (exact) mass is 401 g/mol. The van der Waals surface area contributed by atoms with E-state index in [1.165, 1.54) is 31.4 Å². The third-order valence-corrected chi connectivity index (χ3v) is 4.48. The number of benzene rings is 2. The van der Waals surface area contributed by atoms with E-state index in [1.54, 1.807) is 18.2 Å². The Labute approximate surface area is 163 Å². The molecular formula is C17H15N5O5S. The Kier molecular flexibility index (Phi) is 5.75. The van der Waals surface area contributed by atoms with E-state index >= 15 is 0 Å². The average Bonchev–Trinajstić information content (AvgIpc) is 3.15. The normalized spacial score (nSPS) is 10.5. The summed E-state index contributed by atoms with van der Waals surface area (Å²) in [5.74, 6) is 0.233. The number of H-pyrrole nitrogens is 1. The van der Waals surface area contributed by atoms with E-state index in [0.29, 0.717) is 22.3 Å². The Hall–Kier alpha value is -3.60. The van der Waals surface area contributed by atoms with Crippen LogP contribution in [0.2, 0.25) is 0 Å². The lowest BCUT2D eigenvalue weighted by atomic mass is 10.2. The zero-order valence-electron chi connectivity index (χ0n) is 14.6. The average molecular weight is 401 g/mol. The fourth-order valence-corrected chi connectivity index (χ4v) is 2.92. The number of aromatic amines is 1. The predicted molar refractivity (Wildman–Crippen MR) is 102 cm³/mol. The Morgan fingerprint density at radius 1 is 1.36 bits per heavy atom. The van der Waals surface area contributed by atoms with E-state index in [9.17, 15) is 20.0 Å². The summed E-state index contributed by atoms with van der Waals surface area (Å²) < 4.78 is 4.96. The molecule has 0 aliphatic carbocycles. The maximum Gasteiger partial charge on any atom is 0.296 e. The Morgan fingerprint density at radius 3 is 2.86 bits per heavy atom. The number of nitro benzene ring substituents is 1. The first-order valence-electron chi connectivity index (χ1n) is 7.94. The zero-order valence-corrected chi connectivity index (χ0v) is 15.4. The molecule has 0 saturated heterocycles. The van der Waals surface area contributed by atoms with Crippen molar-refractivity contribution in [2.45, 2.75) is 5.16 Å². The van der Waals surface area contributed by atoms with E-state index < -0.39 is 10.8 Å². The molecule has 144 valence electrons. The molecule has 0 radical (unpaired) electrons. The molecule has 1 heterocycles. The van der Waals surface area contributed by atoms with Gasteiger partial charge in [0.1, 0.15) is 17.2 Å². The van der Waals surface area contributed by atoms with Gasteiger partial charge in [-0.3, -0.25) is 20.0 Å². The van der Waals surface area contributed by atoms with Gasteiger partial charge < -0.3 is 15.2 Å². The van der Waals surface area contributed by atoms with Crippen molar-refractivity contribution >= 4 is 29.0 Å². The second kappa shape index (κ2) is 8.39. The molecule has 3 rings (SSSR count). The fraction of sp³-hybridized carbons (Fsp3) is 0.118. The number of para-hydroxylation sites is 1. The van der Waals surface area contributed by atoms with Gasteiger partial charge in [0.2, 0.25) is 11.1 Å². The molecule has 11 heteroatoms. The molecule has 0 atom stereocenters. The van der Waals surface area contributed by atoms with Crippen LogP contribution < -0.4 is 10.1 Å². The Morgan fingerprint density at radius 2 is 2.14 bits per heavy atom. The van der Waals surface area contributed by atoms with Gasteiger partial charge in [-0.15, -0.1) is 5.10 Å². The van der Waals surface area contributed by atoms with Crippen LogP contribution in [-0.4, -0.2) is 44.0 Å². The minimum atomic E-state index is -0.598. The van der Waals surface area contributed by atoms with Crippen LogP contribution >= 0.6 is 11.8 Å². The summed E-state index contributed by atoms with van der Waals surface area (Å²) in [7, 11) is 1.40. The SMILES string of the molecule is COc1ccc(NC(=O)CSc2n[nH]c(-c3ccccc3O)n2)c([N+](=O)[O-])c1. The van der Waals surface area contributed by atoms with Crippen molar-refractivity contribution in [3.63, 3.8) is 0 Å². The van der Waals surface area contributed by atoms with Gasteiger partial charge in [-0.2, -0.15) is 0 Å². The van der Waals surface area contributed by atoms with Crippen molar-refractivity contribution in [2.24, 2.45) is 0 Å². The van der Waals surface area contributed by atoms with Crippen molar-refractivity contribution in [3.05, 3.63) is 52.6 Å². The second-order valence-corrected chi connectivity index (χ2v) is 6.40. The number of hydrogen-bond donors (Lipinski definition) is 3. The van der Waals surface area contributed by atoms with Gasteiger partial charge in [-0.1, -0.05) is 23.9 Å². The highest BCUT2D eigenvalue weighted by molar-refractivity contribution is 7.99. The number of methoxy groups -OCH3 is 1. The molecule has 0 aliphatic heterocycles. The topological polar surface area (TPSA) is 143 Å². The van der Waals surface area contributed by atoms with Gasteiger partial charge in [0.05, 0.1) is 29.4 Å².